The van der Waals surface area contributed by atoms with E-state index in [1.54, 1.807) is 0 Å². The zero-order chi connectivity index (χ0) is 10.2. The van der Waals surface area contributed by atoms with Crippen LogP contribution in [0.1, 0.15) is 39.5 Å². The first-order valence-corrected chi connectivity index (χ1v) is 5.48. The molecule has 2 heterocycles. The lowest BCUT2D eigenvalue weighted by atomic mass is 9.72. The van der Waals surface area contributed by atoms with Gasteiger partial charge in [0.1, 0.15) is 0 Å². The van der Waals surface area contributed by atoms with Gasteiger partial charge in [-0.2, -0.15) is 0 Å². The fraction of sp³-hybridized carbons (Fsp3) is 0.909. The van der Waals surface area contributed by atoms with Crippen molar-refractivity contribution in [1.29, 1.82) is 0 Å². The van der Waals surface area contributed by atoms with E-state index in [0.717, 1.165) is 32.4 Å². The molecule has 2 saturated heterocycles. The van der Waals surface area contributed by atoms with Crippen LogP contribution in [0.15, 0.2) is 0 Å². The second kappa shape index (κ2) is 3.23. The normalized spacial score (nSPS) is 42.9. The highest BCUT2D eigenvalue weighted by Gasteiger charge is 2.46. The first kappa shape index (κ1) is 9.97. The molecule has 3 heteroatoms. The van der Waals surface area contributed by atoms with E-state index in [4.69, 9.17) is 4.74 Å². The van der Waals surface area contributed by atoms with E-state index < -0.39 is 0 Å². The van der Waals surface area contributed by atoms with Crippen molar-refractivity contribution in [1.82, 2.24) is 5.32 Å². The minimum atomic E-state index is -0.00937. The van der Waals surface area contributed by atoms with E-state index in [-0.39, 0.29) is 16.9 Å². The third-order valence-electron chi connectivity index (χ3n) is 3.78. The van der Waals surface area contributed by atoms with Crippen LogP contribution in [-0.4, -0.2) is 24.7 Å². The van der Waals surface area contributed by atoms with Crippen LogP contribution in [-0.2, 0) is 9.53 Å². The molecule has 2 rings (SSSR count). The summed E-state index contributed by atoms with van der Waals surface area (Å²) in [5, 5.41) is 2.95. The number of hydrogen-bond acceptors (Lipinski definition) is 2. The number of amides is 1. The van der Waals surface area contributed by atoms with Crippen molar-refractivity contribution in [2.45, 2.75) is 45.1 Å². The maximum absolute atomic E-state index is 11.3. The number of carbonyl (C=O) groups is 1. The molecular weight excluding hydrogens is 178 g/mol. The lowest BCUT2D eigenvalue weighted by Gasteiger charge is -2.43. The van der Waals surface area contributed by atoms with Crippen LogP contribution in [0.3, 0.4) is 0 Å². The van der Waals surface area contributed by atoms with Crippen LogP contribution in [0.4, 0.5) is 0 Å². The Morgan fingerprint density at radius 3 is 2.93 bits per heavy atom. The number of rotatable bonds is 1. The fourth-order valence-corrected chi connectivity index (χ4v) is 2.73. The molecule has 3 nitrogen and oxygen atoms in total. The monoisotopic (exact) mass is 197 g/mol. The highest BCUT2D eigenvalue weighted by molar-refractivity contribution is 5.79. The van der Waals surface area contributed by atoms with Gasteiger partial charge in [0.2, 0.25) is 5.91 Å². The van der Waals surface area contributed by atoms with Gasteiger partial charge in [0.15, 0.2) is 0 Å². The third kappa shape index (κ3) is 1.65. The summed E-state index contributed by atoms with van der Waals surface area (Å²) in [4.78, 5) is 11.3. The van der Waals surface area contributed by atoms with E-state index in [0.29, 0.717) is 6.42 Å². The van der Waals surface area contributed by atoms with Gasteiger partial charge in [-0.3, -0.25) is 4.79 Å². The van der Waals surface area contributed by atoms with Gasteiger partial charge in [-0.05, 0) is 26.2 Å². The second-order valence-electron chi connectivity index (χ2n) is 5.03. The Kier molecular flexibility index (Phi) is 2.30. The summed E-state index contributed by atoms with van der Waals surface area (Å²) in [5.41, 5.74) is 0.185. The average molecular weight is 197 g/mol. The molecule has 0 radical (unpaired) electrons. The average Bonchev–Trinajstić information content (AvgIpc) is 2.47. The van der Waals surface area contributed by atoms with Crippen molar-refractivity contribution in [3.05, 3.63) is 0 Å². The third-order valence-corrected chi connectivity index (χ3v) is 3.78. The Hall–Kier alpha value is -0.570. The highest BCUT2D eigenvalue weighted by atomic mass is 16.5. The summed E-state index contributed by atoms with van der Waals surface area (Å²) in [6, 6.07) is 0. The number of hydrogen-bond donors (Lipinski definition) is 1. The van der Waals surface area contributed by atoms with E-state index >= 15 is 0 Å². The topological polar surface area (TPSA) is 38.3 Å². The molecule has 0 aliphatic carbocycles. The summed E-state index contributed by atoms with van der Waals surface area (Å²) in [6.07, 6.45) is 3.78. The first-order chi connectivity index (χ1) is 6.58. The van der Waals surface area contributed by atoms with Gasteiger partial charge < -0.3 is 10.1 Å². The molecule has 2 aliphatic heterocycles. The van der Waals surface area contributed by atoms with Gasteiger partial charge >= 0.3 is 0 Å². The Morgan fingerprint density at radius 2 is 2.36 bits per heavy atom. The summed E-state index contributed by atoms with van der Waals surface area (Å²) in [5.74, 6) is 0.213. The maximum Gasteiger partial charge on any atom is 0.220 e. The molecule has 2 aliphatic rings. The van der Waals surface area contributed by atoms with Crippen LogP contribution in [0.2, 0.25) is 0 Å². The number of ether oxygens (including phenoxy) is 1. The molecule has 2 fully saturated rings. The van der Waals surface area contributed by atoms with Crippen molar-refractivity contribution in [3.8, 4) is 0 Å². The molecule has 14 heavy (non-hydrogen) atoms. The SMILES string of the molecule is CCC1(C)CC2(CCO1)CNC(=O)C2. The molecule has 0 aromatic heterocycles. The van der Waals surface area contributed by atoms with Crippen LogP contribution in [0.25, 0.3) is 0 Å². The second-order valence-corrected chi connectivity index (χ2v) is 5.03. The maximum atomic E-state index is 11.3. The molecule has 2 atom stereocenters. The quantitative estimate of drug-likeness (QED) is 0.691. The van der Waals surface area contributed by atoms with Gasteiger partial charge in [-0.25, -0.2) is 0 Å². The Bertz CT molecular complexity index is 254. The molecule has 0 saturated carbocycles. The smallest absolute Gasteiger partial charge is 0.220 e. The molecule has 1 amide bonds. The summed E-state index contributed by atoms with van der Waals surface area (Å²) < 4.78 is 5.80. The van der Waals surface area contributed by atoms with Gasteiger partial charge in [0.25, 0.3) is 0 Å². The molecule has 0 bridgehead atoms. The van der Waals surface area contributed by atoms with Crippen LogP contribution in [0.5, 0.6) is 0 Å². The molecule has 80 valence electrons. The predicted octanol–water partition coefficient (Wildman–Crippen LogP) is 1.47. The molecule has 0 aromatic carbocycles. The lowest BCUT2D eigenvalue weighted by Crippen LogP contribution is -2.43. The van der Waals surface area contributed by atoms with E-state index in [1.165, 1.54) is 0 Å². The van der Waals surface area contributed by atoms with Crippen molar-refractivity contribution >= 4 is 5.91 Å². The van der Waals surface area contributed by atoms with E-state index in [9.17, 15) is 4.79 Å². The standard InChI is InChI=1S/C11H19NO2/c1-3-10(2)7-11(4-5-14-10)6-9(13)12-8-11/h3-8H2,1-2H3,(H,12,13). The Morgan fingerprint density at radius 1 is 1.57 bits per heavy atom. The largest absolute Gasteiger partial charge is 0.375 e. The van der Waals surface area contributed by atoms with Crippen molar-refractivity contribution < 1.29 is 9.53 Å². The van der Waals surface area contributed by atoms with Crippen LogP contribution < -0.4 is 5.32 Å². The molecule has 0 aromatic rings. The predicted molar refractivity (Wildman–Crippen MR) is 53.9 cm³/mol. The number of nitrogens with one attached hydrogen (secondary N) is 1. The molecular formula is C11H19NO2. The summed E-state index contributed by atoms with van der Waals surface area (Å²) >= 11 is 0. The van der Waals surface area contributed by atoms with E-state index in [2.05, 4.69) is 19.2 Å². The van der Waals surface area contributed by atoms with Crippen molar-refractivity contribution in [3.63, 3.8) is 0 Å². The van der Waals surface area contributed by atoms with Gasteiger partial charge in [-0.15, -0.1) is 0 Å². The zero-order valence-electron chi connectivity index (χ0n) is 9.06. The van der Waals surface area contributed by atoms with Crippen molar-refractivity contribution in [2.75, 3.05) is 13.2 Å². The zero-order valence-corrected chi connectivity index (χ0v) is 9.06. The highest BCUT2D eigenvalue weighted by Crippen LogP contribution is 2.44. The molecule has 1 N–H and O–H groups in total. The summed E-state index contributed by atoms with van der Waals surface area (Å²) in [6.45, 7) is 5.98. The minimum absolute atomic E-state index is 0.00937. The van der Waals surface area contributed by atoms with Gasteiger partial charge in [-0.1, -0.05) is 6.92 Å². The fourth-order valence-electron chi connectivity index (χ4n) is 2.73. The molecule has 2 unspecified atom stereocenters. The van der Waals surface area contributed by atoms with Crippen LogP contribution >= 0.6 is 0 Å². The van der Waals surface area contributed by atoms with Crippen LogP contribution in [0, 0.1) is 5.41 Å². The molecule has 1 spiro atoms. The Labute approximate surface area is 85.2 Å². The first-order valence-electron chi connectivity index (χ1n) is 5.48. The summed E-state index contributed by atoms with van der Waals surface area (Å²) in [7, 11) is 0. The minimum Gasteiger partial charge on any atom is -0.375 e. The van der Waals surface area contributed by atoms with Gasteiger partial charge in [0.05, 0.1) is 5.60 Å². The van der Waals surface area contributed by atoms with E-state index in [1.807, 2.05) is 0 Å². The van der Waals surface area contributed by atoms with Gasteiger partial charge in [0, 0.05) is 25.0 Å². The Balaban J connectivity index is 2.10. The van der Waals surface area contributed by atoms with Crippen molar-refractivity contribution in [2.24, 2.45) is 5.41 Å². The lowest BCUT2D eigenvalue weighted by molar-refractivity contribution is -0.125. The number of carbonyl (C=O) groups excluding carboxylic acids is 1.